The van der Waals surface area contributed by atoms with Gasteiger partial charge in [0.2, 0.25) is 0 Å². The van der Waals surface area contributed by atoms with Crippen molar-refractivity contribution in [2.75, 3.05) is 6.54 Å². The van der Waals surface area contributed by atoms with E-state index in [4.69, 9.17) is 27.9 Å². The third kappa shape index (κ3) is 4.18. The number of nitrogens with zero attached hydrogens (tertiary/aromatic N) is 1. The third-order valence-corrected chi connectivity index (χ3v) is 4.50. The summed E-state index contributed by atoms with van der Waals surface area (Å²) in [5, 5.41) is 2.87. The highest BCUT2D eigenvalue weighted by molar-refractivity contribution is 6.37. The quantitative estimate of drug-likeness (QED) is 0.415. The number of ether oxygens (including phenoxy) is 1. The second-order valence-electron chi connectivity index (χ2n) is 5.89. The van der Waals surface area contributed by atoms with Crippen LogP contribution in [0.3, 0.4) is 0 Å². The van der Waals surface area contributed by atoms with Gasteiger partial charge in [0, 0.05) is 12.1 Å². The van der Waals surface area contributed by atoms with E-state index in [0.717, 1.165) is 4.90 Å². The molecule has 3 amide bonds. The zero-order chi connectivity index (χ0) is 20.3. The van der Waals surface area contributed by atoms with E-state index in [9.17, 15) is 14.0 Å². The number of hydrogen-bond acceptors (Lipinski definition) is 3. The fourth-order valence-electron chi connectivity index (χ4n) is 2.60. The molecule has 144 valence electrons. The monoisotopic (exact) mass is 420 g/mol. The molecule has 0 radical (unpaired) electrons. The highest BCUT2D eigenvalue weighted by Gasteiger charge is 2.32. The predicted octanol–water partition coefficient (Wildman–Crippen LogP) is 4.79. The smallest absolute Gasteiger partial charge is 0.329 e. The van der Waals surface area contributed by atoms with Gasteiger partial charge in [0.25, 0.3) is 5.91 Å². The van der Waals surface area contributed by atoms with E-state index in [2.05, 4.69) is 11.9 Å². The molecule has 0 spiro atoms. The Morgan fingerprint density at radius 1 is 1.18 bits per heavy atom. The Balaban J connectivity index is 1.80. The summed E-state index contributed by atoms with van der Waals surface area (Å²) >= 11 is 12.5. The average Bonchev–Trinajstić information content (AvgIpc) is 2.90. The average molecular weight is 421 g/mol. The zero-order valence-corrected chi connectivity index (χ0v) is 16.1. The first kappa shape index (κ1) is 19.9. The van der Waals surface area contributed by atoms with Crippen LogP contribution in [0.4, 0.5) is 9.18 Å². The van der Waals surface area contributed by atoms with Crippen molar-refractivity contribution < 1.29 is 18.7 Å². The number of carbonyl (C=O) groups excluding carboxylic acids is 2. The van der Waals surface area contributed by atoms with E-state index in [1.165, 1.54) is 30.4 Å². The Kier molecular flexibility index (Phi) is 6.02. The number of rotatable bonds is 6. The molecular formula is C20H15Cl2FN2O3. The van der Waals surface area contributed by atoms with Crippen LogP contribution < -0.4 is 10.1 Å². The molecular weight excluding hydrogens is 406 g/mol. The molecule has 5 nitrogen and oxygen atoms in total. The molecule has 28 heavy (non-hydrogen) atoms. The first-order chi connectivity index (χ1) is 13.4. The van der Waals surface area contributed by atoms with Crippen LogP contribution in [0.15, 0.2) is 54.8 Å². The molecule has 0 unspecified atom stereocenters. The van der Waals surface area contributed by atoms with Crippen LogP contribution in [0.5, 0.6) is 5.75 Å². The number of benzene rings is 2. The Morgan fingerprint density at radius 3 is 2.50 bits per heavy atom. The van der Waals surface area contributed by atoms with Gasteiger partial charge in [-0.25, -0.2) is 9.18 Å². The Hall–Kier alpha value is -2.83. The van der Waals surface area contributed by atoms with Gasteiger partial charge in [0.15, 0.2) is 5.75 Å². The van der Waals surface area contributed by atoms with Gasteiger partial charge in [0.1, 0.15) is 18.1 Å². The summed E-state index contributed by atoms with van der Waals surface area (Å²) in [6.07, 6.45) is 2.91. The molecule has 1 aliphatic rings. The molecule has 8 heteroatoms. The van der Waals surface area contributed by atoms with Crippen LogP contribution in [-0.2, 0) is 11.4 Å². The van der Waals surface area contributed by atoms with E-state index < -0.39 is 17.8 Å². The second kappa shape index (κ2) is 8.46. The largest absolute Gasteiger partial charge is 0.486 e. The third-order valence-electron chi connectivity index (χ3n) is 3.94. The Morgan fingerprint density at radius 2 is 1.86 bits per heavy atom. The number of imide groups is 1. The summed E-state index contributed by atoms with van der Waals surface area (Å²) in [6, 6.07) is 8.75. The minimum atomic E-state index is -0.529. The van der Waals surface area contributed by atoms with E-state index in [-0.39, 0.29) is 34.6 Å². The van der Waals surface area contributed by atoms with Gasteiger partial charge in [-0.2, -0.15) is 0 Å². The van der Waals surface area contributed by atoms with Crippen molar-refractivity contribution >= 4 is 41.2 Å². The lowest BCUT2D eigenvalue weighted by molar-refractivity contribution is -0.122. The summed E-state index contributed by atoms with van der Waals surface area (Å²) in [5.41, 5.74) is 0.957. The maximum Gasteiger partial charge on any atom is 0.329 e. The van der Waals surface area contributed by atoms with Crippen LogP contribution in [0.25, 0.3) is 6.08 Å². The van der Waals surface area contributed by atoms with Gasteiger partial charge < -0.3 is 10.1 Å². The molecule has 1 fully saturated rings. The lowest BCUT2D eigenvalue weighted by atomic mass is 10.1. The van der Waals surface area contributed by atoms with Crippen LogP contribution in [0.2, 0.25) is 10.0 Å². The zero-order valence-electron chi connectivity index (χ0n) is 14.5. The first-order valence-corrected chi connectivity index (χ1v) is 8.97. The molecule has 3 rings (SSSR count). The number of nitrogens with one attached hydrogen (secondary N) is 1. The summed E-state index contributed by atoms with van der Waals surface area (Å²) in [6.45, 7) is 3.57. The van der Waals surface area contributed by atoms with E-state index in [1.54, 1.807) is 18.2 Å². The Labute approximate surface area is 171 Å². The van der Waals surface area contributed by atoms with Gasteiger partial charge in [-0.3, -0.25) is 9.69 Å². The molecule has 1 heterocycles. The van der Waals surface area contributed by atoms with Crippen LogP contribution in [0.1, 0.15) is 11.1 Å². The highest BCUT2D eigenvalue weighted by Crippen LogP contribution is 2.35. The Bertz CT molecular complexity index is 968. The first-order valence-electron chi connectivity index (χ1n) is 8.21. The lowest BCUT2D eigenvalue weighted by Gasteiger charge is -2.11. The molecule has 2 aromatic carbocycles. The number of carbonyl (C=O) groups is 2. The number of amides is 3. The van der Waals surface area contributed by atoms with Crippen molar-refractivity contribution in [3.05, 3.63) is 81.7 Å². The summed E-state index contributed by atoms with van der Waals surface area (Å²) in [7, 11) is 0. The summed E-state index contributed by atoms with van der Waals surface area (Å²) in [4.78, 5) is 25.1. The minimum Gasteiger partial charge on any atom is -0.486 e. The highest BCUT2D eigenvalue weighted by atomic mass is 35.5. The minimum absolute atomic E-state index is 0.0440. The number of urea groups is 1. The molecule has 1 N–H and O–H groups in total. The molecule has 2 aromatic rings. The van der Waals surface area contributed by atoms with Gasteiger partial charge in [0.05, 0.1) is 10.0 Å². The maximum atomic E-state index is 13.7. The molecule has 0 atom stereocenters. The van der Waals surface area contributed by atoms with E-state index in [0.29, 0.717) is 11.1 Å². The summed E-state index contributed by atoms with van der Waals surface area (Å²) < 4.78 is 19.3. The SMILES string of the molecule is C=CCN1C(=O)N/C(=C/c2cc(Cl)c(OCc3ccccc3F)c(Cl)c2)C1=O. The van der Waals surface area contributed by atoms with Gasteiger partial charge in [-0.15, -0.1) is 6.58 Å². The van der Waals surface area contributed by atoms with Crippen molar-refractivity contribution in [2.45, 2.75) is 6.61 Å². The number of hydrogen-bond donors (Lipinski definition) is 1. The normalized spacial score (nSPS) is 15.1. The van der Waals surface area contributed by atoms with Crippen molar-refractivity contribution in [1.29, 1.82) is 0 Å². The maximum absolute atomic E-state index is 13.7. The number of halogens is 3. The molecule has 1 aliphatic heterocycles. The van der Waals surface area contributed by atoms with Crippen molar-refractivity contribution in [3.8, 4) is 5.75 Å². The van der Waals surface area contributed by atoms with Gasteiger partial charge in [-0.05, 0) is 29.8 Å². The topological polar surface area (TPSA) is 58.6 Å². The van der Waals surface area contributed by atoms with Crippen molar-refractivity contribution in [3.63, 3.8) is 0 Å². The molecule has 0 aliphatic carbocycles. The van der Waals surface area contributed by atoms with E-state index >= 15 is 0 Å². The fraction of sp³-hybridized carbons (Fsp3) is 0.100. The van der Waals surface area contributed by atoms with Crippen molar-refractivity contribution in [2.24, 2.45) is 0 Å². The summed E-state index contributed by atoms with van der Waals surface area (Å²) in [5.74, 6) is -0.670. The molecule has 1 saturated heterocycles. The van der Waals surface area contributed by atoms with Crippen LogP contribution in [-0.4, -0.2) is 23.4 Å². The van der Waals surface area contributed by atoms with Crippen LogP contribution >= 0.6 is 23.2 Å². The lowest BCUT2D eigenvalue weighted by Crippen LogP contribution is -2.30. The van der Waals surface area contributed by atoms with E-state index in [1.807, 2.05) is 0 Å². The molecule has 0 bridgehead atoms. The fourth-order valence-corrected chi connectivity index (χ4v) is 3.21. The molecule has 0 aromatic heterocycles. The second-order valence-corrected chi connectivity index (χ2v) is 6.70. The predicted molar refractivity (Wildman–Crippen MR) is 106 cm³/mol. The van der Waals surface area contributed by atoms with Gasteiger partial charge >= 0.3 is 6.03 Å². The molecule has 0 saturated carbocycles. The van der Waals surface area contributed by atoms with Gasteiger partial charge in [-0.1, -0.05) is 47.5 Å². The standard InChI is InChI=1S/C20H15Cl2FN2O3/c1-2-7-25-19(26)17(24-20(25)27)10-12-8-14(21)18(15(22)9-12)28-11-13-5-3-4-6-16(13)23/h2-6,8-10H,1,7,11H2,(H,24,27)/b17-10+. The van der Waals surface area contributed by atoms with Crippen molar-refractivity contribution in [1.82, 2.24) is 10.2 Å². The van der Waals surface area contributed by atoms with Crippen LogP contribution in [0, 0.1) is 5.82 Å².